The predicted molar refractivity (Wildman–Crippen MR) is 160 cm³/mol. The highest BCUT2D eigenvalue weighted by molar-refractivity contribution is 6.07. The quantitative estimate of drug-likeness (QED) is 0.299. The van der Waals surface area contributed by atoms with Crippen molar-refractivity contribution >= 4 is 29.1 Å². The molecule has 0 aliphatic carbocycles. The third-order valence-electron chi connectivity index (χ3n) is 6.82. The number of benzene rings is 3. The summed E-state index contributed by atoms with van der Waals surface area (Å²) >= 11 is 0. The Labute approximate surface area is 244 Å². The fourth-order valence-electron chi connectivity index (χ4n) is 4.69. The number of amides is 3. The molecule has 1 aliphatic rings. The molecule has 2 N–H and O–H groups in total. The molecule has 5 rings (SSSR count). The fourth-order valence-corrected chi connectivity index (χ4v) is 4.69. The molecule has 0 spiro atoms. The summed E-state index contributed by atoms with van der Waals surface area (Å²) in [5.41, 5.74) is 2.50. The molecule has 42 heavy (non-hydrogen) atoms. The van der Waals surface area contributed by atoms with Crippen molar-refractivity contribution in [3.05, 3.63) is 96.4 Å². The first-order valence-electron chi connectivity index (χ1n) is 13.5. The number of carbonyl (C=O) groups excluding carboxylic acids is 2. The van der Waals surface area contributed by atoms with E-state index in [1.807, 2.05) is 54.6 Å². The minimum absolute atomic E-state index is 0.239. The Balaban J connectivity index is 1.38. The van der Waals surface area contributed by atoms with Gasteiger partial charge in [-0.3, -0.25) is 15.1 Å². The number of ether oxygens (including phenoxy) is 3. The molecular formula is C31H32N6O5. The second-order valence-corrected chi connectivity index (χ2v) is 9.44. The summed E-state index contributed by atoms with van der Waals surface area (Å²) in [5.74, 6) is 1.58. The zero-order chi connectivity index (χ0) is 29.3. The van der Waals surface area contributed by atoms with Crippen LogP contribution < -0.4 is 29.7 Å². The lowest BCUT2D eigenvalue weighted by atomic mass is 10.1. The molecule has 11 heteroatoms. The lowest BCUT2D eigenvalue weighted by Gasteiger charge is -2.37. The molecule has 0 unspecified atom stereocenters. The van der Waals surface area contributed by atoms with Gasteiger partial charge in [-0.15, -0.1) is 0 Å². The van der Waals surface area contributed by atoms with Crippen LogP contribution in [0.2, 0.25) is 0 Å². The van der Waals surface area contributed by atoms with Crippen molar-refractivity contribution in [3.8, 4) is 17.2 Å². The van der Waals surface area contributed by atoms with Gasteiger partial charge in [-0.25, -0.2) is 9.78 Å². The maximum atomic E-state index is 13.9. The van der Waals surface area contributed by atoms with E-state index in [2.05, 4.69) is 25.5 Å². The molecule has 0 bridgehead atoms. The molecule has 0 saturated carbocycles. The number of nitrogens with one attached hydrogen (secondary N) is 2. The molecule has 1 fully saturated rings. The lowest BCUT2D eigenvalue weighted by molar-refractivity contribution is 0.0747. The zero-order valence-corrected chi connectivity index (χ0v) is 23.4. The molecule has 4 aromatic rings. The van der Waals surface area contributed by atoms with Gasteiger partial charge in [0, 0.05) is 44.6 Å². The van der Waals surface area contributed by atoms with E-state index in [0.29, 0.717) is 37.7 Å². The number of carbonyl (C=O) groups is 2. The minimum atomic E-state index is -0.579. The SMILES string of the molecule is COc1cc(C(=O)N2CCN(c3ccccc3OC)CC2)c(NC(=O)Nc2cnccn2)cc1OCc1ccccc1. The number of para-hydroxylation sites is 2. The van der Waals surface area contributed by atoms with Crippen molar-refractivity contribution in [1.82, 2.24) is 14.9 Å². The Morgan fingerprint density at radius 3 is 2.29 bits per heavy atom. The van der Waals surface area contributed by atoms with Crippen LogP contribution in [0.4, 0.5) is 22.0 Å². The van der Waals surface area contributed by atoms with E-state index in [-0.39, 0.29) is 29.6 Å². The van der Waals surface area contributed by atoms with Crippen molar-refractivity contribution in [3.63, 3.8) is 0 Å². The summed E-state index contributed by atoms with van der Waals surface area (Å²) in [6, 6.07) is 20.1. The van der Waals surface area contributed by atoms with E-state index >= 15 is 0 Å². The summed E-state index contributed by atoms with van der Waals surface area (Å²) in [6.45, 7) is 2.49. The van der Waals surface area contributed by atoms with E-state index in [4.69, 9.17) is 14.2 Å². The van der Waals surface area contributed by atoms with Crippen molar-refractivity contribution < 1.29 is 23.8 Å². The number of nitrogens with zero attached hydrogens (tertiary/aromatic N) is 4. The summed E-state index contributed by atoms with van der Waals surface area (Å²) < 4.78 is 17.2. The number of hydrogen-bond donors (Lipinski definition) is 2. The van der Waals surface area contributed by atoms with Crippen LogP contribution in [0.5, 0.6) is 17.2 Å². The lowest BCUT2D eigenvalue weighted by Crippen LogP contribution is -2.49. The number of rotatable bonds is 9. The van der Waals surface area contributed by atoms with Crippen molar-refractivity contribution in [2.45, 2.75) is 6.61 Å². The third-order valence-corrected chi connectivity index (χ3v) is 6.82. The molecular weight excluding hydrogens is 536 g/mol. The highest BCUT2D eigenvalue weighted by atomic mass is 16.5. The Bertz CT molecular complexity index is 1510. The third kappa shape index (κ3) is 6.69. The van der Waals surface area contributed by atoms with Gasteiger partial charge in [-0.1, -0.05) is 42.5 Å². The summed E-state index contributed by atoms with van der Waals surface area (Å²) in [5, 5.41) is 5.43. The highest BCUT2D eigenvalue weighted by Gasteiger charge is 2.27. The Hall–Kier alpha value is -5.32. The second kappa shape index (κ2) is 13.4. The van der Waals surface area contributed by atoms with Gasteiger partial charge in [0.25, 0.3) is 5.91 Å². The number of anilines is 3. The van der Waals surface area contributed by atoms with E-state index in [1.165, 1.54) is 25.7 Å². The maximum absolute atomic E-state index is 13.9. The molecule has 1 saturated heterocycles. The molecule has 1 aromatic heterocycles. The van der Waals surface area contributed by atoms with Crippen molar-refractivity contribution in [2.75, 3.05) is 55.9 Å². The van der Waals surface area contributed by atoms with Crippen molar-refractivity contribution in [2.24, 2.45) is 0 Å². The monoisotopic (exact) mass is 568 g/mol. The molecule has 216 valence electrons. The van der Waals surface area contributed by atoms with Gasteiger partial charge in [0.15, 0.2) is 17.3 Å². The number of methoxy groups -OCH3 is 2. The van der Waals surface area contributed by atoms with E-state index in [1.54, 1.807) is 24.1 Å². The van der Waals surface area contributed by atoms with Crippen LogP contribution in [0.1, 0.15) is 15.9 Å². The number of hydrogen-bond acceptors (Lipinski definition) is 8. The predicted octanol–water partition coefficient (Wildman–Crippen LogP) is 4.68. The van der Waals surface area contributed by atoms with E-state index in [0.717, 1.165) is 17.0 Å². The Morgan fingerprint density at radius 1 is 0.833 bits per heavy atom. The average Bonchev–Trinajstić information content (AvgIpc) is 3.04. The number of piperazine rings is 1. The van der Waals surface area contributed by atoms with Gasteiger partial charge in [0.2, 0.25) is 0 Å². The van der Waals surface area contributed by atoms with Crippen LogP contribution in [0.3, 0.4) is 0 Å². The fraction of sp³-hybridized carbons (Fsp3) is 0.226. The second-order valence-electron chi connectivity index (χ2n) is 9.44. The Kier molecular flexibility index (Phi) is 8.97. The largest absolute Gasteiger partial charge is 0.495 e. The van der Waals surface area contributed by atoms with Gasteiger partial charge >= 0.3 is 6.03 Å². The van der Waals surface area contributed by atoms with Gasteiger partial charge in [-0.2, -0.15) is 0 Å². The standard InChI is InChI=1S/C31H32N6O5/c1-40-26-11-7-6-10-25(26)36-14-16-37(17-15-36)30(38)23-18-27(41-2)28(42-21-22-8-4-3-5-9-22)19-24(23)34-31(39)35-29-20-32-12-13-33-29/h3-13,18-20H,14-17,21H2,1-2H3,(H2,33,34,35,39). The maximum Gasteiger partial charge on any atom is 0.324 e. The topological polar surface area (TPSA) is 118 Å². The molecule has 1 aliphatic heterocycles. The van der Waals surface area contributed by atoms with E-state index in [9.17, 15) is 9.59 Å². The zero-order valence-electron chi connectivity index (χ0n) is 23.4. The van der Waals surface area contributed by atoms with Crippen LogP contribution in [0.15, 0.2) is 85.3 Å². The van der Waals surface area contributed by atoms with Crippen LogP contribution >= 0.6 is 0 Å². The number of urea groups is 1. The molecule has 0 radical (unpaired) electrons. The smallest absolute Gasteiger partial charge is 0.324 e. The molecule has 3 amide bonds. The Morgan fingerprint density at radius 2 is 1.57 bits per heavy atom. The normalized spacial score (nSPS) is 12.8. The van der Waals surface area contributed by atoms with Gasteiger partial charge < -0.3 is 29.3 Å². The van der Waals surface area contributed by atoms with E-state index < -0.39 is 6.03 Å². The molecule has 0 atom stereocenters. The first kappa shape index (κ1) is 28.2. The summed E-state index contributed by atoms with van der Waals surface area (Å²) in [4.78, 5) is 38.8. The molecule has 3 aromatic carbocycles. The number of aromatic nitrogens is 2. The molecule has 2 heterocycles. The van der Waals surface area contributed by atoms with Crippen LogP contribution in [-0.2, 0) is 6.61 Å². The van der Waals surface area contributed by atoms with Crippen LogP contribution in [-0.4, -0.2) is 67.2 Å². The van der Waals surface area contributed by atoms with Gasteiger partial charge in [0.1, 0.15) is 12.4 Å². The van der Waals surface area contributed by atoms with Crippen LogP contribution in [0.25, 0.3) is 0 Å². The first-order valence-corrected chi connectivity index (χ1v) is 13.5. The molecule has 11 nitrogen and oxygen atoms in total. The van der Waals surface area contributed by atoms with Crippen LogP contribution in [0, 0.1) is 0 Å². The minimum Gasteiger partial charge on any atom is -0.495 e. The average molecular weight is 569 g/mol. The van der Waals surface area contributed by atoms with Gasteiger partial charge in [-0.05, 0) is 23.8 Å². The first-order chi connectivity index (χ1) is 20.6. The highest BCUT2D eigenvalue weighted by Crippen LogP contribution is 2.36. The van der Waals surface area contributed by atoms with Crippen molar-refractivity contribution in [1.29, 1.82) is 0 Å². The summed E-state index contributed by atoms with van der Waals surface area (Å²) in [7, 11) is 3.16. The van der Waals surface area contributed by atoms with Gasteiger partial charge in [0.05, 0.1) is 37.4 Å². The summed E-state index contributed by atoms with van der Waals surface area (Å²) in [6.07, 6.45) is 4.40.